The van der Waals surface area contributed by atoms with Gasteiger partial charge in [-0.15, -0.1) is 0 Å². The molecule has 2 heterocycles. The monoisotopic (exact) mass is 248 g/mol. The lowest BCUT2D eigenvalue weighted by Crippen LogP contribution is -2.33. The van der Waals surface area contributed by atoms with Crippen LogP contribution in [0.1, 0.15) is 24.9 Å². The second-order valence-electron chi connectivity index (χ2n) is 4.59. The van der Waals surface area contributed by atoms with Crippen LogP contribution in [0.2, 0.25) is 0 Å². The lowest BCUT2D eigenvalue weighted by Gasteiger charge is -2.20. The summed E-state index contributed by atoms with van der Waals surface area (Å²) >= 11 is 0. The highest BCUT2D eigenvalue weighted by atomic mass is 16.2. The van der Waals surface area contributed by atoms with Crippen LogP contribution >= 0.6 is 0 Å². The Labute approximate surface area is 108 Å². The van der Waals surface area contributed by atoms with Gasteiger partial charge in [0.2, 0.25) is 5.91 Å². The van der Waals surface area contributed by atoms with Gasteiger partial charge in [-0.2, -0.15) is 0 Å². The quantitative estimate of drug-likeness (QED) is 0.826. The van der Waals surface area contributed by atoms with Crippen molar-refractivity contribution in [1.82, 2.24) is 15.6 Å². The van der Waals surface area contributed by atoms with Crippen LogP contribution in [0.4, 0.5) is 5.82 Å². The summed E-state index contributed by atoms with van der Waals surface area (Å²) in [7, 11) is 1.93. The molecule has 1 aromatic heterocycles. The highest BCUT2D eigenvalue weighted by Crippen LogP contribution is 2.16. The van der Waals surface area contributed by atoms with E-state index in [1.807, 2.05) is 24.2 Å². The molecule has 1 atom stereocenters. The van der Waals surface area contributed by atoms with Gasteiger partial charge < -0.3 is 15.5 Å². The first-order chi connectivity index (χ1) is 8.70. The summed E-state index contributed by atoms with van der Waals surface area (Å²) in [5.41, 5.74) is 1.15. The van der Waals surface area contributed by atoms with Crippen molar-refractivity contribution >= 4 is 11.7 Å². The van der Waals surface area contributed by atoms with E-state index in [2.05, 4.69) is 28.6 Å². The van der Waals surface area contributed by atoms with E-state index in [-0.39, 0.29) is 5.91 Å². The Morgan fingerprint density at radius 3 is 3.00 bits per heavy atom. The predicted molar refractivity (Wildman–Crippen MR) is 71.6 cm³/mol. The first-order valence-corrected chi connectivity index (χ1v) is 6.35. The van der Waals surface area contributed by atoms with Crippen molar-refractivity contribution in [3.05, 3.63) is 23.9 Å². The molecule has 1 aromatic rings. The van der Waals surface area contributed by atoms with E-state index in [1.165, 1.54) is 0 Å². The van der Waals surface area contributed by atoms with E-state index in [4.69, 9.17) is 0 Å². The number of rotatable bonds is 3. The number of hydrogen-bond acceptors (Lipinski definition) is 4. The molecule has 0 saturated carbocycles. The molecule has 0 bridgehead atoms. The molecule has 98 valence electrons. The van der Waals surface area contributed by atoms with Crippen LogP contribution in [0, 0.1) is 0 Å². The standard InChI is InChI=1S/C13H20N4O/c1-10(14-2)11-4-5-12(16-8-11)17-7-3-6-15-13(18)9-17/h4-5,8,10,14H,3,6-7,9H2,1-2H3,(H,15,18). The minimum atomic E-state index is 0.0713. The van der Waals surface area contributed by atoms with Gasteiger partial charge in [-0.25, -0.2) is 4.98 Å². The first-order valence-electron chi connectivity index (χ1n) is 6.35. The highest BCUT2D eigenvalue weighted by molar-refractivity contribution is 5.81. The van der Waals surface area contributed by atoms with Gasteiger partial charge in [0.15, 0.2) is 0 Å². The van der Waals surface area contributed by atoms with Gasteiger partial charge in [0.25, 0.3) is 0 Å². The maximum absolute atomic E-state index is 11.5. The summed E-state index contributed by atoms with van der Waals surface area (Å²) in [5.74, 6) is 0.945. The summed E-state index contributed by atoms with van der Waals surface area (Å²) in [6, 6.07) is 4.34. The van der Waals surface area contributed by atoms with E-state index in [9.17, 15) is 4.79 Å². The van der Waals surface area contributed by atoms with Gasteiger partial charge in [0.1, 0.15) is 5.82 Å². The average molecular weight is 248 g/mol. The molecule has 1 unspecified atom stereocenters. The molecule has 0 spiro atoms. The average Bonchev–Trinajstić information content (AvgIpc) is 2.63. The van der Waals surface area contributed by atoms with E-state index in [1.54, 1.807) is 0 Å². The third kappa shape index (κ3) is 2.98. The number of nitrogens with zero attached hydrogens (tertiary/aromatic N) is 2. The molecular weight excluding hydrogens is 228 g/mol. The molecule has 1 saturated heterocycles. The Kier molecular flexibility index (Phi) is 4.15. The molecule has 5 heteroatoms. The maximum Gasteiger partial charge on any atom is 0.239 e. The zero-order chi connectivity index (χ0) is 13.0. The van der Waals surface area contributed by atoms with E-state index in [0.29, 0.717) is 12.6 Å². The Bertz CT molecular complexity index is 404. The smallest absolute Gasteiger partial charge is 0.239 e. The van der Waals surface area contributed by atoms with Crippen LogP contribution in [0.3, 0.4) is 0 Å². The lowest BCUT2D eigenvalue weighted by molar-refractivity contribution is -0.119. The molecule has 18 heavy (non-hydrogen) atoms. The first kappa shape index (κ1) is 12.8. The summed E-state index contributed by atoms with van der Waals surface area (Å²) in [5, 5.41) is 6.04. The molecule has 5 nitrogen and oxygen atoms in total. The number of aromatic nitrogens is 1. The summed E-state index contributed by atoms with van der Waals surface area (Å²) in [6.45, 7) is 4.11. The molecule has 1 aliphatic rings. The van der Waals surface area contributed by atoms with Crippen LogP contribution in [-0.2, 0) is 4.79 Å². The van der Waals surface area contributed by atoms with Crippen LogP contribution in [0.15, 0.2) is 18.3 Å². The largest absolute Gasteiger partial charge is 0.354 e. The summed E-state index contributed by atoms with van der Waals surface area (Å²) in [4.78, 5) is 18.0. The van der Waals surface area contributed by atoms with Crippen LogP contribution in [0.25, 0.3) is 0 Å². The number of amides is 1. The Morgan fingerprint density at radius 1 is 1.50 bits per heavy atom. The van der Waals surface area contributed by atoms with Gasteiger partial charge >= 0.3 is 0 Å². The van der Waals surface area contributed by atoms with Gasteiger partial charge in [0.05, 0.1) is 6.54 Å². The molecule has 2 N–H and O–H groups in total. The fourth-order valence-corrected chi connectivity index (χ4v) is 2.01. The molecule has 1 fully saturated rings. The van der Waals surface area contributed by atoms with Crippen LogP contribution in [0.5, 0.6) is 0 Å². The fourth-order valence-electron chi connectivity index (χ4n) is 2.01. The van der Waals surface area contributed by atoms with E-state index >= 15 is 0 Å². The minimum absolute atomic E-state index is 0.0713. The minimum Gasteiger partial charge on any atom is -0.354 e. The molecule has 0 radical (unpaired) electrons. The number of anilines is 1. The summed E-state index contributed by atoms with van der Waals surface area (Å²) < 4.78 is 0. The Morgan fingerprint density at radius 2 is 2.33 bits per heavy atom. The van der Waals surface area contributed by atoms with Crippen molar-refractivity contribution in [3.8, 4) is 0 Å². The van der Waals surface area contributed by atoms with Crippen LogP contribution < -0.4 is 15.5 Å². The van der Waals surface area contributed by atoms with Gasteiger partial charge in [-0.1, -0.05) is 6.07 Å². The van der Waals surface area contributed by atoms with E-state index in [0.717, 1.165) is 30.9 Å². The predicted octanol–water partition coefficient (Wildman–Crippen LogP) is 0.688. The second-order valence-corrected chi connectivity index (χ2v) is 4.59. The fraction of sp³-hybridized carbons (Fsp3) is 0.538. The number of pyridine rings is 1. The zero-order valence-electron chi connectivity index (χ0n) is 10.9. The zero-order valence-corrected chi connectivity index (χ0v) is 10.9. The molecule has 1 amide bonds. The highest BCUT2D eigenvalue weighted by Gasteiger charge is 2.16. The molecule has 0 aromatic carbocycles. The van der Waals surface area contributed by atoms with Crippen molar-refractivity contribution in [2.24, 2.45) is 0 Å². The number of carbonyl (C=O) groups is 1. The maximum atomic E-state index is 11.5. The van der Waals surface area contributed by atoms with Crippen LogP contribution in [-0.4, -0.2) is 37.6 Å². The van der Waals surface area contributed by atoms with Crippen molar-refractivity contribution in [3.63, 3.8) is 0 Å². The second kappa shape index (κ2) is 5.82. The normalized spacial score (nSPS) is 18.1. The molecular formula is C13H20N4O. The third-order valence-electron chi connectivity index (χ3n) is 3.29. The number of carbonyl (C=O) groups excluding carboxylic acids is 1. The Hall–Kier alpha value is -1.62. The van der Waals surface area contributed by atoms with Crippen molar-refractivity contribution in [2.75, 3.05) is 31.6 Å². The molecule has 0 aliphatic carbocycles. The van der Waals surface area contributed by atoms with E-state index < -0.39 is 0 Å². The van der Waals surface area contributed by atoms with Crippen molar-refractivity contribution in [1.29, 1.82) is 0 Å². The van der Waals surface area contributed by atoms with Gasteiger partial charge in [0, 0.05) is 25.3 Å². The number of hydrogen-bond donors (Lipinski definition) is 2. The SMILES string of the molecule is CNC(C)c1ccc(N2CCCNC(=O)C2)nc1. The third-order valence-corrected chi connectivity index (χ3v) is 3.29. The lowest BCUT2D eigenvalue weighted by atomic mass is 10.1. The summed E-state index contributed by atoms with van der Waals surface area (Å²) in [6.07, 6.45) is 2.83. The topological polar surface area (TPSA) is 57.3 Å². The molecule has 2 rings (SSSR count). The van der Waals surface area contributed by atoms with Crippen molar-refractivity contribution in [2.45, 2.75) is 19.4 Å². The van der Waals surface area contributed by atoms with Crippen molar-refractivity contribution < 1.29 is 4.79 Å². The number of nitrogens with one attached hydrogen (secondary N) is 2. The Balaban J connectivity index is 2.10. The van der Waals surface area contributed by atoms with Gasteiger partial charge in [-0.05, 0) is 32.0 Å². The molecule has 1 aliphatic heterocycles. The van der Waals surface area contributed by atoms with Gasteiger partial charge in [-0.3, -0.25) is 4.79 Å².